The Morgan fingerprint density at radius 3 is 2.96 bits per heavy atom. The zero-order valence-electron chi connectivity index (χ0n) is 14.5. The van der Waals surface area contributed by atoms with Gasteiger partial charge in [0, 0.05) is 19.0 Å². The first-order chi connectivity index (χ1) is 12.0. The third-order valence-electron chi connectivity index (χ3n) is 5.53. The highest BCUT2D eigenvalue weighted by atomic mass is 16.5. The molecule has 1 aliphatic heterocycles. The SMILES string of the molecule is CC(C)c1noc([C@@]23CCC[C@@H]2CN(c2cccc(C(=O)O)n2)C3)n1. The van der Waals surface area contributed by atoms with Gasteiger partial charge in [-0.25, -0.2) is 9.78 Å². The van der Waals surface area contributed by atoms with Crippen LogP contribution in [0.15, 0.2) is 22.7 Å². The van der Waals surface area contributed by atoms with E-state index < -0.39 is 5.97 Å². The van der Waals surface area contributed by atoms with E-state index in [9.17, 15) is 9.90 Å². The maximum absolute atomic E-state index is 11.2. The smallest absolute Gasteiger partial charge is 0.354 e. The van der Waals surface area contributed by atoms with Crippen LogP contribution in [0.2, 0.25) is 0 Å². The van der Waals surface area contributed by atoms with Crippen molar-refractivity contribution in [1.82, 2.24) is 15.1 Å². The Bertz CT molecular complexity index is 803. The molecule has 0 amide bonds. The fourth-order valence-corrected chi connectivity index (χ4v) is 4.20. The quantitative estimate of drug-likeness (QED) is 0.913. The third-order valence-corrected chi connectivity index (χ3v) is 5.53. The summed E-state index contributed by atoms with van der Waals surface area (Å²) in [6.45, 7) is 5.70. The van der Waals surface area contributed by atoms with Crippen LogP contribution in [0.1, 0.15) is 61.2 Å². The van der Waals surface area contributed by atoms with Gasteiger partial charge >= 0.3 is 5.97 Å². The number of aromatic nitrogens is 3. The number of hydrogen-bond acceptors (Lipinski definition) is 6. The van der Waals surface area contributed by atoms with Gasteiger partial charge < -0.3 is 14.5 Å². The van der Waals surface area contributed by atoms with E-state index in [1.54, 1.807) is 6.07 Å². The lowest BCUT2D eigenvalue weighted by atomic mass is 9.80. The second kappa shape index (κ2) is 5.82. The largest absolute Gasteiger partial charge is 0.477 e. The summed E-state index contributed by atoms with van der Waals surface area (Å²) >= 11 is 0. The average Bonchev–Trinajstić information content (AvgIpc) is 3.28. The van der Waals surface area contributed by atoms with E-state index in [4.69, 9.17) is 4.52 Å². The molecule has 2 fully saturated rings. The number of carbonyl (C=O) groups is 1. The van der Waals surface area contributed by atoms with E-state index in [1.807, 2.05) is 6.07 Å². The molecule has 4 rings (SSSR count). The number of hydrogen-bond donors (Lipinski definition) is 1. The van der Waals surface area contributed by atoms with Gasteiger partial charge in [-0.05, 0) is 30.9 Å². The molecule has 0 aromatic carbocycles. The molecule has 0 radical (unpaired) electrons. The summed E-state index contributed by atoms with van der Waals surface area (Å²) < 4.78 is 5.66. The Labute approximate surface area is 146 Å². The standard InChI is InChI=1S/C18H22N4O3/c1-11(2)15-20-17(25-21-15)18-8-4-5-12(18)9-22(10-18)14-7-3-6-13(19-14)16(23)24/h3,6-7,11-12H,4-5,8-10H2,1-2H3,(H,23,24)/t12-,18-/m1/s1. The minimum Gasteiger partial charge on any atom is -0.477 e. The molecule has 7 heteroatoms. The van der Waals surface area contributed by atoms with E-state index in [1.165, 1.54) is 6.07 Å². The summed E-state index contributed by atoms with van der Waals surface area (Å²) in [5.41, 5.74) is -0.0652. The summed E-state index contributed by atoms with van der Waals surface area (Å²) in [4.78, 5) is 22.3. The predicted molar refractivity (Wildman–Crippen MR) is 90.8 cm³/mol. The summed E-state index contributed by atoms with van der Waals surface area (Å²) in [5, 5.41) is 13.3. The van der Waals surface area contributed by atoms with Crippen molar-refractivity contribution in [3.8, 4) is 0 Å². The maximum atomic E-state index is 11.2. The highest BCUT2D eigenvalue weighted by Crippen LogP contribution is 2.50. The van der Waals surface area contributed by atoms with Gasteiger partial charge in [0.1, 0.15) is 5.82 Å². The minimum atomic E-state index is -1.01. The van der Waals surface area contributed by atoms with Crippen LogP contribution in [-0.4, -0.2) is 39.3 Å². The Kier molecular flexibility index (Phi) is 3.74. The summed E-state index contributed by atoms with van der Waals surface area (Å²) in [6.07, 6.45) is 3.29. The van der Waals surface area contributed by atoms with E-state index in [0.29, 0.717) is 11.7 Å². The Morgan fingerprint density at radius 1 is 1.40 bits per heavy atom. The number of carboxylic acids is 1. The fourth-order valence-electron chi connectivity index (χ4n) is 4.20. The van der Waals surface area contributed by atoms with Gasteiger partial charge in [-0.15, -0.1) is 0 Å². The molecule has 0 unspecified atom stereocenters. The Balaban J connectivity index is 1.65. The van der Waals surface area contributed by atoms with Crippen molar-refractivity contribution < 1.29 is 14.4 Å². The molecular formula is C18H22N4O3. The molecule has 132 valence electrons. The van der Waals surface area contributed by atoms with Crippen molar-refractivity contribution >= 4 is 11.8 Å². The lowest BCUT2D eigenvalue weighted by Crippen LogP contribution is -2.32. The molecule has 2 aromatic rings. The van der Waals surface area contributed by atoms with Crippen LogP contribution in [0.4, 0.5) is 5.82 Å². The maximum Gasteiger partial charge on any atom is 0.354 e. The minimum absolute atomic E-state index is 0.0727. The van der Waals surface area contributed by atoms with Gasteiger partial charge in [-0.3, -0.25) is 0 Å². The third kappa shape index (κ3) is 2.58. The summed E-state index contributed by atoms with van der Waals surface area (Å²) in [5.74, 6) is 1.85. The van der Waals surface area contributed by atoms with Gasteiger partial charge in [0.25, 0.3) is 0 Å². The van der Waals surface area contributed by atoms with Crippen molar-refractivity contribution in [2.75, 3.05) is 18.0 Å². The first-order valence-corrected chi connectivity index (χ1v) is 8.79. The Morgan fingerprint density at radius 2 is 2.24 bits per heavy atom. The highest BCUT2D eigenvalue weighted by molar-refractivity contribution is 5.85. The Hall–Kier alpha value is -2.44. The van der Waals surface area contributed by atoms with Gasteiger partial charge in [-0.2, -0.15) is 4.98 Å². The number of carboxylic acid groups (broad SMARTS) is 1. The molecule has 0 bridgehead atoms. The average molecular weight is 342 g/mol. The molecule has 2 aromatic heterocycles. The lowest BCUT2D eigenvalue weighted by Gasteiger charge is -2.24. The van der Waals surface area contributed by atoms with Crippen LogP contribution in [0.3, 0.4) is 0 Å². The molecule has 7 nitrogen and oxygen atoms in total. The first-order valence-electron chi connectivity index (χ1n) is 8.79. The van der Waals surface area contributed by atoms with Gasteiger partial charge in [0.15, 0.2) is 11.5 Å². The molecule has 1 N–H and O–H groups in total. The number of fused-ring (bicyclic) bond motifs is 1. The van der Waals surface area contributed by atoms with Crippen molar-refractivity contribution in [2.24, 2.45) is 5.92 Å². The lowest BCUT2D eigenvalue weighted by molar-refractivity contribution is 0.0690. The summed E-state index contributed by atoms with van der Waals surface area (Å²) in [7, 11) is 0. The van der Waals surface area contributed by atoms with Crippen LogP contribution in [0.25, 0.3) is 0 Å². The van der Waals surface area contributed by atoms with Crippen molar-refractivity contribution in [2.45, 2.75) is 44.4 Å². The second-order valence-corrected chi connectivity index (χ2v) is 7.42. The van der Waals surface area contributed by atoms with Gasteiger partial charge in [0.05, 0.1) is 5.41 Å². The zero-order valence-corrected chi connectivity index (χ0v) is 14.5. The second-order valence-electron chi connectivity index (χ2n) is 7.42. The summed E-state index contributed by atoms with van der Waals surface area (Å²) in [6, 6.07) is 5.14. The van der Waals surface area contributed by atoms with Crippen LogP contribution in [0, 0.1) is 5.92 Å². The number of nitrogens with zero attached hydrogens (tertiary/aromatic N) is 4. The van der Waals surface area contributed by atoms with Crippen molar-refractivity contribution in [3.05, 3.63) is 35.6 Å². The number of rotatable bonds is 4. The van der Waals surface area contributed by atoms with Crippen LogP contribution in [0.5, 0.6) is 0 Å². The van der Waals surface area contributed by atoms with Gasteiger partial charge in [0.2, 0.25) is 5.89 Å². The molecule has 25 heavy (non-hydrogen) atoms. The predicted octanol–water partition coefficient (Wildman–Crippen LogP) is 2.84. The molecule has 3 heterocycles. The first kappa shape index (κ1) is 16.1. The molecule has 1 saturated carbocycles. The van der Waals surface area contributed by atoms with E-state index in [0.717, 1.165) is 44.1 Å². The van der Waals surface area contributed by atoms with Crippen molar-refractivity contribution in [1.29, 1.82) is 0 Å². The zero-order chi connectivity index (χ0) is 17.6. The van der Waals surface area contributed by atoms with Crippen LogP contribution >= 0.6 is 0 Å². The topological polar surface area (TPSA) is 92.4 Å². The molecule has 2 atom stereocenters. The molecular weight excluding hydrogens is 320 g/mol. The normalized spacial score (nSPS) is 25.6. The number of aromatic carboxylic acids is 1. The molecule has 2 aliphatic rings. The van der Waals surface area contributed by atoms with Crippen LogP contribution in [-0.2, 0) is 5.41 Å². The number of anilines is 1. The fraction of sp³-hybridized carbons (Fsp3) is 0.556. The van der Waals surface area contributed by atoms with Gasteiger partial charge in [-0.1, -0.05) is 31.5 Å². The van der Waals surface area contributed by atoms with Crippen LogP contribution < -0.4 is 4.90 Å². The highest BCUT2D eigenvalue weighted by Gasteiger charge is 2.54. The van der Waals surface area contributed by atoms with Crippen molar-refractivity contribution in [3.63, 3.8) is 0 Å². The molecule has 0 spiro atoms. The molecule has 1 saturated heterocycles. The van der Waals surface area contributed by atoms with E-state index in [-0.39, 0.29) is 17.0 Å². The van der Waals surface area contributed by atoms with E-state index in [2.05, 4.69) is 33.9 Å². The monoisotopic (exact) mass is 342 g/mol. The molecule has 1 aliphatic carbocycles. The van der Waals surface area contributed by atoms with E-state index >= 15 is 0 Å². The number of pyridine rings is 1.